The first-order chi connectivity index (χ1) is 5.27. The average Bonchev–Trinajstić information content (AvgIpc) is 2.32. The van der Waals surface area contributed by atoms with E-state index in [1.807, 2.05) is 5.80 Å². The van der Waals surface area contributed by atoms with Crippen LogP contribution in [0.1, 0.15) is 12.8 Å². The molecule has 11 heavy (non-hydrogen) atoms. The van der Waals surface area contributed by atoms with Gasteiger partial charge in [0.1, 0.15) is 0 Å². The summed E-state index contributed by atoms with van der Waals surface area (Å²) in [5.41, 5.74) is 2.04. The normalized spacial score (nSPS) is 22.3. The number of carbonyl (C=O) groups excluding carboxylic acids is 1. The Balaban J connectivity index is 2.36. The number of rotatable bonds is 0. The Kier molecular flexibility index (Phi) is 1.74. The van der Waals surface area contributed by atoms with Gasteiger partial charge in [-0.25, -0.2) is 0 Å². The van der Waals surface area contributed by atoms with E-state index in [-0.39, 0.29) is 5.91 Å². The standard InChI is InChI=1S/C7H5ClNOP/c8-7-4-1-2-6(10)9-5(4)3-11-7/h3H,1-2H2/p+1. The quantitative estimate of drug-likeness (QED) is 0.568. The van der Waals surface area contributed by atoms with Crippen LogP contribution in [0.25, 0.3) is 0 Å². The molecule has 0 aromatic carbocycles. The first-order valence-corrected chi connectivity index (χ1v) is 4.71. The fraction of sp³-hybridized carbons (Fsp3) is 0.286. The van der Waals surface area contributed by atoms with E-state index in [2.05, 4.69) is 5.32 Å². The molecule has 1 amide bonds. The van der Waals surface area contributed by atoms with Crippen molar-refractivity contribution in [2.24, 2.45) is 0 Å². The van der Waals surface area contributed by atoms with Crippen molar-refractivity contribution < 1.29 is 4.79 Å². The van der Waals surface area contributed by atoms with E-state index < -0.39 is 0 Å². The van der Waals surface area contributed by atoms with Crippen LogP contribution < -0.4 is 5.32 Å². The zero-order chi connectivity index (χ0) is 7.84. The van der Waals surface area contributed by atoms with Gasteiger partial charge in [0.2, 0.25) is 0 Å². The van der Waals surface area contributed by atoms with Gasteiger partial charge in [-0.1, -0.05) is 0 Å². The van der Waals surface area contributed by atoms with Crippen molar-refractivity contribution in [3.63, 3.8) is 0 Å². The van der Waals surface area contributed by atoms with Gasteiger partial charge in [0, 0.05) is 0 Å². The average molecular weight is 187 g/mol. The van der Waals surface area contributed by atoms with E-state index in [0.717, 1.165) is 30.3 Å². The van der Waals surface area contributed by atoms with Gasteiger partial charge in [-0.05, 0) is 0 Å². The van der Waals surface area contributed by atoms with Crippen LogP contribution >= 0.6 is 19.4 Å². The van der Waals surface area contributed by atoms with Crippen LogP contribution in [0.15, 0.2) is 11.3 Å². The molecule has 2 aliphatic heterocycles. The maximum absolute atomic E-state index is 10.9. The first kappa shape index (κ1) is 7.33. The van der Waals surface area contributed by atoms with Gasteiger partial charge in [0.25, 0.3) is 0 Å². The zero-order valence-corrected chi connectivity index (χ0v) is 7.38. The minimum atomic E-state index is 0.0987. The van der Waals surface area contributed by atoms with E-state index in [9.17, 15) is 4.79 Å². The fourth-order valence-corrected chi connectivity index (χ4v) is 2.38. The summed E-state index contributed by atoms with van der Waals surface area (Å²) in [5.74, 6) is 2.04. The number of halogens is 1. The fourth-order valence-electron chi connectivity index (χ4n) is 1.18. The monoisotopic (exact) mass is 186 g/mol. The Labute approximate surface area is 70.7 Å². The molecule has 2 aliphatic rings. The van der Waals surface area contributed by atoms with Crippen LogP contribution in [0, 0.1) is 0 Å². The summed E-state index contributed by atoms with van der Waals surface area (Å²) in [6, 6.07) is 0. The summed E-state index contributed by atoms with van der Waals surface area (Å²) < 4.78 is 0.861. The van der Waals surface area contributed by atoms with Crippen molar-refractivity contribution in [3.05, 3.63) is 11.3 Å². The second-order valence-electron chi connectivity index (χ2n) is 2.49. The van der Waals surface area contributed by atoms with Crippen molar-refractivity contribution in [2.75, 3.05) is 0 Å². The molecule has 56 valence electrons. The Morgan fingerprint density at radius 2 is 2.36 bits per heavy atom. The predicted octanol–water partition coefficient (Wildman–Crippen LogP) is 1.28. The molecule has 1 N–H and O–H groups in total. The summed E-state index contributed by atoms with van der Waals surface area (Å²) >= 11 is 5.90. The third-order valence-electron chi connectivity index (χ3n) is 1.76. The molecular weight excluding hydrogens is 181 g/mol. The zero-order valence-electron chi connectivity index (χ0n) is 5.72. The minimum absolute atomic E-state index is 0.0987. The Bertz CT molecular complexity index is 325. The van der Waals surface area contributed by atoms with E-state index in [1.165, 1.54) is 0 Å². The number of nitrogens with one attached hydrogen (secondary N) is 1. The van der Waals surface area contributed by atoms with Gasteiger partial charge in [-0.3, -0.25) is 0 Å². The maximum atomic E-state index is 10.9. The molecule has 0 saturated heterocycles. The van der Waals surface area contributed by atoms with Gasteiger partial charge in [0.05, 0.1) is 0 Å². The number of allylic oxidation sites excluding steroid dienone is 2. The van der Waals surface area contributed by atoms with Crippen molar-refractivity contribution in [3.8, 4) is 0 Å². The molecule has 0 saturated carbocycles. The first-order valence-electron chi connectivity index (χ1n) is 3.37. The Hall–Kier alpha value is -0.330. The third-order valence-corrected chi connectivity index (χ3v) is 3.16. The molecule has 0 radical (unpaired) electrons. The molecule has 4 heteroatoms. The molecule has 0 fully saturated rings. The summed E-state index contributed by atoms with van der Waals surface area (Å²) in [5, 5.41) is 2.78. The summed E-state index contributed by atoms with van der Waals surface area (Å²) in [6.07, 6.45) is 1.36. The molecule has 2 nitrogen and oxygen atoms in total. The molecule has 2 heterocycles. The molecule has 2 rings (SSSR count). The van der Waals surface area contributed by atoms with E-state index in [4.69, 9.17) is 11.6 Å². The van der Waals surface area contributed by atoms with Crippen molar-refractivity contribution in [1.82, 2.24) is 5.32 Å². The van der Waals surface area contributed by atoms with Crippen molar-refractivity contribution >= 4 is 35.9 Å². The van der Waals surface area contributed by atoms with Crippen LogP contribution in [0.5, 0.6) is 0 Å². The SMILES string of the molecule is O=C1CCC2=C(C=[P+]=C2Cl)N1. The molecule has 0 spiro atoms. The van der Waals surface area contributed by atoms with E-state index >= 15 is 0 Å². The van der Waals surface area contributed by atoms with Gasteiger partial charge in [0.15, 0.2) is 0 Å². The van der Waals surface area contributed by atoms with Gasteiger partial charge >= 0.3 is 70.1 Å². The molecule has 0 bridgehead atoms. The van der Waals surface area contributed by atoms with Crippen molar-refractivity contribution in [1.29, 1.82) is 0 Å². The van der Waals surface area contributed by atoms with E-state index in [1.54, 1.807) is 0 Å². The molecule has 0 atom stereocenters. The van der Waals surface area contributed by atoms with Gasteiger partial charge in [-0.15, -0.1) is 0 Å². The number of carbonyl (C=O) groups is 1. The topological polar surface area (TPSA) is 29.1 Å². The van der Waals surface area contributed by atoms with Crippen LogP contribution in [0.4, 0.5) is 0 Å². The van der Waals surface area contributed by atoms with E-state index in [0.29, 0.717) is 6.42 Å². The second-order valence-corrected chi connectivity index (χ2v) is 4.09. The molecular formula is C7H6ClNOP+. The molecule has 0 unspecified atom stereocenters. The van der Waals surface area contributed by atoms with Crippen LogP contribution in [-0.2, 0) is 4.79 Å². The number of hydrogen-bond acceptors (Lipinski definition) is 1. The van der Waals surface area contributed by atoms with Crippen LogP contribution in [0.2, 0.25) is 0 Å². The summed E-state index contributed by atoms with van der Waals surface area (Å²) in [7, 11) is 1.01. The summed E-state index contributed by atoms with van der Waals surface area (Å²) in [6.45, 7) is 0. The van der Waals surface area contributed by atoms with Crippen LogP contribution in [-0.4, -0.2) is 16.5 Å². The van der Waals surface area contributed by atoms with Crippen molar-refractivity contribution in [2.45, 2.75) is 12.8 Å². The van der Waals surface area contributed by atoms with Gasteiger partial charge in [-0.2, -0.15) is 0 Å². The predicted molar refractivity (Wildman–Crippen MR) is 48.2 cm³/mol. The van der Waals surface area contributed by atoms with Crippen LogP contribution in [0.3, 0.4) is 0 Å². The third kappa shape index (κ3) is 1.21. The van der Waals surface area contributed by atoms with Gasteiger partial charge < -0.3 is 0 Å². The number of amides is 1. The Morgan fingerprint density at radius 1 is 1.55 bits per heavy atom. The molecule has 0 aromatic heterocycles. The number of hydrogen-bond donors (Lipinski definition) is 1. The molecule has 0 aromatic rings. The summed E-state index contributed by atoms with van der Waals surface area (Å²) in [4.78, 5) is 10.9. The molecule has 0 aliphatic carbocycles. The second kappa shape index (κ2) is 2.62. The Morgan fingerprint density at radius 3 is 3.18 bits per heavy atom.